The van der Waals surface area contributed by atoms with E-state index in [2.05, 4.69) is 31.3 Å². The molecule has 0 saturated carbocycles. The topological polar surface area (TPSA) is 12.0 Å². The molecule has 0 aromatic rings. The number of hydrogen-bond acceptors (Lipinski definition) is 1. The van der Waals surface area contributed by atoms with Crippen LogP contribution in [-0.4, -0.2) is 13.1 Å². The highest BCUT2D eigenvalue weighted by Gasteiger charge is 1.84. The second kappa shape index (κ2) is 13.6. The predicted octanol–water partition coefficient (Wildman–Crippen LogP) is 3.15. The lowest BCUT2D eigenvalue weighted by Crippen LogP contribution is -2.15. The molecule has 0 heterocycles. The van der Waals surface area contributed by atoms with Crippen LogP contribution in [0.4, 0.5) is 0 Å². The number of allylic oxidation sites excluding steroid dienone is 1. The van der Waals surface area contributed by atoms with Gasteiger partial charge in [0.2, 0.25) is 0 Å². The third-order valence-electron chi connectivity index (χ3n) is 1.68. The van der Waals surface area contributed by atoms with E-state index < -0.39 is 0 Å². The van der Waals surface area contributed by atoms with Crippen LogP contribution in [0.25, 0.3) is 0 Å². The Kier molecular flexibility index (Phi) is 16.4. The molecule has 0 bridgehead atoms. The maximum absolute atomic E-state index is 3.40. The molecule has 0 aliphatic rings. The molecule has 0 unspecified atom stereocenters. The van der Waals surface area contributed by atoms with Crippen molar-refractivity contribution in [2.75, 3.05) is 13.1 Å². The zero-order valence-electron chi connectivity index (χ0n) is 8.31. The maximum Gasteiger partial charge on any atom is -0.00143 e. The van der Waals surface area contributed by atoms with Crippen molar-refractivity contribution >= 4 is 12.4 Å². The lowest BCUT2D eigenvalue weighted by molar-refractivity contribution is 0.620. The molecule has 0 amide bonds. The Morgan fingerprint density at radius 3 is 2.50 bits per heavy atom. The fourth-order valence-corrected chi connectivity index (χ4v) is 0.977. The molecule has 74 valence electrons. The van der Waals surface area contributed by atoms with Gasteiger partial charge in [-0.15, -0.1) is 12.4 Å². The highest BCUT2D eigenvalue weighted by molar-refractivity contribution is 5.85. The van der Waals surface area contributed by atoms with Gasteiger partial charge in [0, 0.05) is 0 Å². The molecular formula is C10H22ClN. The van der Waals surface area contributed by atoms with Crippen LogP contribution in [0.2, 0.25) is 0 Å². The molecule has 0 fully saturated rings. The first-order valence-corrected chi connectivity index (χ1v) is 4.73. The average Bonchev–Trinajstić information content (AvgIpc) is 2.03. The zero-order chi connectivity index (χ0) is 8.36. The number of nitrogens with one attached hydrogen (secondary N) is 1. The van der Waals surface area contributed by atoms with Crippen molar-refractivity contribution in [3.05, 3.63) is 12.2 Å². The molecule has 0 aliphatic heterocycles. The monoisotopic (exact) mass is 191 g/mol. The summed E-state index contributed by atoms with van der Waals surface area (Å²) in [5.74, 6) is 0. The first-order valence-electron chi connectivity index (χ1n) is 4.73. The summed E-state index contributed by atoms with van der Waals surface area (Å²) in [5.41, 5.74) is 0. The van der Waals surface area contributed by atoms with E-state index in [9.17, 15) is 0 Å². The Labute approximate surface area is 83.0 Å². The Hall–Kier alpha value is -0.0100. The van der Waals surface area contributed by atoms with Crippen molar-refractivity contribution in [2.45, 2.75) is 39.5 Å². The number of halogens is 1. The molecule has 0 saturated heterocycles. The van der Waals surface area contributed by atoms with E-state index in [1.807, 2.05) is 0 Å². The largest absolute Gasteiger partial charge is 0.316 e. The molecule has 0 aromatic carbocycles. The van der Waals surface area contributed by atoms with Crippen LogP contribution in [0.15, 0.2) is 12.2 Å². The third kappa shape index (κ3) is 12.6. The summed E-state index contributed by atoms with van der Waals surface area (Å²) in [6.45, 7) is 6.62. The van der Waals surface area contributed by atoms with Gasteiger partial charge in [-0.05, 0) is 32.9 Å². The summed E-state index contributed by atoms with van der Waals surface area (Å²) in [7, 11) is 0. The van der Waals surface area contributed by atoms with Gasteiger partial charge in [-0.1, -0.05) is 31.9 Å². The minimum absolute atomic E-state index is 0. The van der Waals surface area contributed by atoms with Gasteiger partial charge in [-0.25, -0.2) is 0 Å². The second-order valence-electron chi connectivity index (χ2n) is 2.81. The molecule has 0 radical (unpaired) electrons. The quantitative estimate of drug-likeness (QED) is 0.482. The minimum Gasteiger partial charge on any atom is -0.316 e. The van der Waals surface area contributed by atoms with Gasteiger partial charge < -0.3 is 5.32 Å². The molecule has 0 rings (SSSR count). The van der Waals surface area contributed by atoms with Crippen LogP contribution in [0, 0.1) is 0 Å². The Balaban J connectivity index is 0. The SMILES string of the molecule is CC=CCCNCCCCC.Cl. The van der Waals surface area contributed by atoms with Crippen molar-refractivity contribution in [3.8, 4) is 0 Å². The van der Waals surface area contributed by atoms with Gasteiger partial charge in [-0.3, -0.25) is 0 Å². The van der Waals surface area contributed by atoms with Crippen LogP contribution in [0.5, 0.6) is 0 Å². The smallest absolute Gasteiger partial charge is 0.00143 e. The summed E-state index contributed by atoms with van der Waals surface area (Å²) in [6, 6.07) is 0. The third-order valence-corrected chi connectivity index (χ3v) is 1.68. The highest BCUT2D eigenvalue weighted by atomic mass is 35.5. The van der Waals surface area contributed by atoms with E-state index in [1.165, 1.54) is 32.2 Å². The van der Waals surface area contributed by atoms with E-state index >= 15 is 0 Å². The lowest BCUT2D eigenvalue weighted by Gasteiger charge is -2.00. The van der Waals surface area contributed by atoms with Crippen molar-refractivity contribution in [1.29, 1.82) is 0 Å². The molecule has 12 heavy (non-hydrogen) atoms. The first-order chi connectivity index (χ1) is 5.41. The van der Waals surface area contributed by atoms with Crippen LogP contribution in [0.1, 0.15) is 39.5 Å². The van der Waals surface area contributed by atoms with E-state index in [1.54, 1.807) is 0 Å². The Morgan fingerprint density at radius 2 is 1.92 bits per heavy atom. The minimum atomic E-state index is 0. The number of unbranched alkanes of at least 4 members (excludes halogenated alkanes) is 2. The summed E-state index contributed by atoms with van der Waals surface area (Å²) in [6.07, 6.45) is 9.47. The van der Waals surface area contributed by atoms with E-state index in [4.69, 9.17) is 0 Å². The summed E-state index contributed by atoms with van der Waals surface area (Å²) < 4.78 is 0. The van der Waals surface area contributed by atoms with Gasteiger partial charge in [-0.2, -0.15) is 0 Å². The van der Waals surface area contributed by atoms with Crippen molar-refractivity contribution in [3.63, 3.8) is 0 Å². The summed E-state index contributed by atoms with van der Waals surface area (Å²) in [5, 5.41) is 3.40. The average molecular weight is 192 g/mol. The fraction of sp³-hybridized carbons (Fsp3) is 0.800. The van der Waals surface area contributed by atoms with Crippen LogP contribution in [0.3, 0.4) is 0 Å². The predicted molar refractivity (Wildman–Crippen MR) is 59.1 cm³/mol. The molecule has 2 heteroatoms. The van der Waals surface area contributed by atoms with E-state index in [0.29, 0.717) is 0 Å². The van der Waals surface area contributed by atoms with E-state index in [-0.39, 0.29) is 12.4 Å². The molecule has 1 N–H and O–H groups in total. The van der Waals surface area contributed by atoms with Gasteiger partial charge >= 0.3 is 0 Å². The van der Waals surface area contributed by atoms with Crippen LogP contribution < -0.4 is 5.32 Å². The first kappa shape index (κ1) is 14.5. The molecule has 0 atom stereocenters. The van der Waals surface area contributed by atoms with Gasteiger partial charge in [0.25, 0.3) is 0 Å². The van der Waals surface area contributed by atoms with Crippen LogP contribution in [-0.2, 0) is 0 Å². The van der Waals surface area contributed by atoms with E-state index in [0.717, 1.165) is 6.54 Å². The molecular weight excluding hydrogens is 170 g/mol. The van der Waals surface area contributed by atoms with Gasteiger partial charge in [0.1, 0.15) is 0 Å². The lowest BCUT2D eigenvalue weighted by atomic mass is 10.2. The molecule has 0 aliphatic carbocycles. The number of rotatable bonds is 7. The number of hydrogen-bond donors (Lipinski definition) is 1. The maximum atomic E-state index is 3.40. The van der Waals surface area contributed by atoms with Gasteiger partial charge in [0.05, 0.1) is 0 Å². The molecule has 1 nitrogen and oxygen atoms in total. The molecule has 0 spiro atoms. The summed E-state index contributed by atoms with van der Waals surface area (Å²) >= 11 is 0. The summed E-state index contributed by atoms with van der Waals surface area (Å²) in [4.78, 5) is 0. The zero-order valence-corrected chi connectivity index (χ0v) is 9.12. The van der Waals surface area contributed by atoms with Crippen molar-refractivity contribution < 1.29 is 0 Å². The Bertz CT molecular complexity index is 91.8. The van der Waals surface area contributed by atoms with Gasteiger partial charge in [0.15, 0.2) is 0 Å². The molecule has 0 aromatic heterocycles. The normalized spacial score (nSPS) is 10.2. The van der Waals surface area contributed by atoms with Crippen molar-refractivity contribution in [2.24, 2.45) is 0 Å². The fourth-order valence-electron chi connectivity index (χ4n) is 0.977. The Morgan fingerprint density at radius 1 is 1.17 bits per heavy atom. The standard InChI is InChI=1S/C10H21N.ClH/c1-3-5-7-9-11-10-8-6-4-2;/h3,5,11H,4,6-10H2,1-2H3;1H. The van der Waals surface area contributed by atoms with Crippen molar-refractivity contribution in [1.82, 2.24) is 5.32 Å². The van der Waals surface area contributed by atoms with Crippen LogP contribution >= 0.6 is 12.4 Å². The second-order valence-corrected chi connectivity index (χ2v) is 2.81. The highest BCUT2D eigenvalue weighted by Crippen LogP contribution is 1.90.